The van der Waals surface area contributed by atoms with Crippen LogP contribution in [0.4, 0.5) is 13.2 Å². The van der Waals surface area contributed by atoms with Crippen molar-refractivity contribution in [2.45, 2.75) is 33.1 Å². The molecule has 0 spiro atoms. The summed E-state index contributed by atoms with van der Waals surface area (Å²) in [5.74, 6) is 0.562. The number of aliphatic imine (C=N–C) groups is 1. The van der Waals surface area contributed by atoms with Gasteiger partial charge in [0.2, 0.25) is 0 Å². The molecule has 1 aliphatic rings. The zero-order valence-electron chi connectivity index (χ0n) is 12.6. The van der Waals surface area contributed by atoms with Crippen molar-refractivity contribution in [3.8, 4) is 5.75 Å². The first kappa shape index (κ1) is 16.2. The predicted octanol–water partition coefficient (Wildman–Crippen LogP) is 3.55. The Kier molecular flexibility index (Phi) is 4.63. The van der Waals surface area contributed by atoms with E-state index in [1.807, 2.05) is 13.0 Å². The lowest BCUT2D eigenvalue weighted by Crippen LogP contribution is -2.32. The number of nitrogens with one attached hydrogen (secondary N) is 1. The van der Waals surface area contributed by atoms with Gasteiger partial charge in [0.15, 0.2) is 0 Å². The van der Waals surface area contributed by atoms with Gasteiger partial charge in [-0.25, -0.2) is 4.99 Å². The summed E-state index contributed by atoms with van der Waals surface area (Å²) in [6.45, 7) is 5.72. The van der Waals surface area contributed by atoms with Crippen LogP contribution in [0, 0.1) is 0 Å². The van der Waals surface area contributed by atoms with Crippen molar-refractivity contribution in [2.24, 2.45) is 4.99 Å². The van der Waals surface area contributed by atoms with E-state index in [2.05, 4.69) is 10.4 Å². The third-order valence-electron chi connectivity index (χ3n) is 2.84. The van der Waals surface area contributed by atoms with Crippen LogP contribution < -0.4 is 10.2 Å². The van der Waals surface area contributed by atoms with E-state index in [4.69, 9.17) is 4.74 Å². The van der Waals surface area contributed by atoms with Gasteiger partial charge in [0.05, 0.1) is 11.7 Å². The van der Waals surface area contributed by atoms with Crippen LogP contribution in [0.3, 0.4) is 0 Å². The molecule has 0 saturated carbocycles. The van der Waals surface area contributed by atoms with Crippen molar-refractivity contribution >= 4 is 5.84 Å². The molecule has 0 aliphatic carbocycles. The van der Waals surface area contributed by atoms with Gasteiger partial charge in [-0.3, -0.25) is 10.4 Å². The minimum absolute atomic E-state index is 0.175. The quantitative estimate of drug-likeness (QED) is 0.923. The van der Waals surface area contributed by atoms with Crippen molar-refractivity contribution < 1.29 is 17.9 Å². The second-order valence-electron chi connectivity index (χ2n) is 5.12. The molecule has 0 fully saturated rings. The van der Waals surface area contributed by atoms with Crippen molar-refractivity contribution in [3.05, 3.63) is 41.6 Å². The van der Waals surface area contributed by atoms with Gasteiger partial charge in [-0.1, -0.05) is 6.08 Å². The molecule has 0 radical (unpaired) electrons. The van der Waals surface area contributed by atoms with Gasteiger partial charge in [0, 0.05) is 11.8 Å². The van der Waals surface area contributed by atoms with Crippen LogP contribution in [-0.4, -0.2) is 23.6 Å². The van der Waals surface area contributed by atoms with E-state index >= 15 is 0 Å². The van der Waals surface area contributed by atoms with Crippen LogP contribution in [0.15, 0.2) is 35.5 Å². The zero-order valence-corrected chi connectivity index (χ0v) is 12.6. The van der Waals surface area contributed by atoms with Gasteiger partial charge in [0.1, 0.15) is 18.3 Å². The minimum Gasteiger partial charge on any atom is -0.491 e. The Morgan fingerprint density at radius 3 is 2.64 bits per heavy atom. The number of allylic oxidation sites excluding steroid dienone is 1. The molecular formula is C15H18F3N3O. The van der Waals surface area contributed by atoms with E-state index in [-0.39, 0.29) is 11.9 Å². The maximum Gasteiger partial charge on any atom is 0.416 e. The third-order valence-corrected chi connectivity index (χ3v) is 2.84. The molecule has 0 unspecified atom stereocenters. The maximum absolute atomic E-state index is 13.0. The number of amidine groups is 1. The van der Waals surface area contributed by atoms with E-state index in [0.717, 1.165) is 12.1 Å². The average Bonchev–Trinajstić information content (AvgIpc) is 2.85. The highest BCUT2D eigenvalue weighted by atomic mass is 19.4. The van der Waals surface area contributed by atoms with E-state index < -0.39 is 11.7 Å². The van der Waals surface area contributed by atoms with Gasteiger partial charge >= 0.3 is 6.18 Å². The summed E-state index contributed by atoms with van der Waals surface area (Å²) < 4.78 is 44.5. The molecule has 0 atom stereocenters. The number of nitrogens with zero attached hydrogens (tertiary/aromatic N) is 2. The van der Waals surface area contributed by atoms with Crippen LogP contribution in [0.1, 0.15) is 31.9 Å². The normalized spacial score (nSPS) is 15.4. The second kappa shape index (κ2) is 6.29. The molecule has 7 heteroatoms. The SMILES string of the molecule is C/C=C\N1CN=C(c2cc(OC(C)C)cc(C(F)(F)F)c2)N1. The lowest BCUT2D eigenvalue weighted by molar-refractivity contribution is -0.137. The average molecular weight is 313 g/mol. The molecular weight excluding hydrogens is 295 g/mol. The van der Waals surface area contributed by atoms with Crippen LogP contribution in [0.5, 0.6) is 5.75 Å². The molecule has 1 heterocycles. The topological polar surface area (TPSA) is 36.9 Å². The van der Waals surface area contributed by atoms with Crippen molar-refractivity contribution in [3.63, 3.8) is 0 Å². The van der Waals surface area contributed by atoms with Crippen LogP contribution in [0.2, 0.25) is 0 Å². The van der Waals surface area contributed by atoms with E-state index in [1.165, 1.54) is 0 Å². The minimum atomic E-state index is -4.44. The number of alkyl halides is 3. The van der Waals surface area contributed by atoms with E-state index in [9.17, 15) is 13.2 Å². The summed E-state index contributed by atoms with van der Waals surface area (Å²) in [4.78, 5) is 4.21. The lowest BCUT2D eigenvalue weighted by atomic mass is 10.1. The number of hydrogen-bond acceptors (Lipinski definition) is 4. The fraction of sp³-hybridized carbons (Fsp3) is 0.400. The highest BCUT2D eigenvalue weighted by molar-refractivity contribution is 5.99. The number of halogens is 3. The molecule has 1 N–H and O–H groups in total. The smallest absolute Gasteiger partial charge is 0.416 e. The molecule has 0 saturated heterocycles. The molecule has 4 nitrogen and oxygen atoms in total. The fourth-order valence-corrected chi connectivity index (χ4v) is 2.01. The Morgan fingerprint density at radius 1 is 1.32 bits per heavy atom. The van der Waals surface area contributed by atoms with Gasteiger partial charge in [-0.05, 0) is 39.0 Å². The summed E-state index contributed by atoms with van der Waals surface area (Å²) in [6.07, 6.45) is -1.08. The van der Waals surface area contributed by atoms with Gasteiger partial charge < -0.3 is 4.74 Å². The van der Waals surface area contributed by atoms with Gasteiger partial charge in [-0.2, -0.15) is 13.2 Å². The van der Waals surface area contributed by atoms with Crippen molar-refractivity contribution in [1.29, 1.82) is 0 Å². The summed E-state index contributed by atoms with van der Waals surface area (Å²) in [5, 5.41) is 1.68. The van der Waals surface area contributed by atoms with Gasteiger partial charge in [-0.15, -0.1) is 0 Å². The molecule has 1 aromatic carbocycles. The summed E-state index contributed by atoms with van der Waals surface area (Å²) in [5.41, 5.74) is 2.53. The monoisotopic (exact) mass is 313 g/mol. The summed E-state index contributed by atoms with van der Waals surface area (Å²) in [6, 6.07) is 3.63. The number of hydrogen-bond donors (Lipinski definition) is 1. The largest absolute Gasteiger partial charge is 0.491 e. The first-order valence-electron chi connectivity index (χ1n) is 6.89. The zero-order chi connectivity index (χ0) is 16.3. The highest BCUT2D eigenvalue weighted by Crippen LogP contribution is 2.33. The summed E-state index contributed by atoms with van der Waals surface area (Å²) >= 11 is 0. The van der Waals surface area contributed by atoms with E-state index in [1.54, 1.807) is 31.1 Å². The predicted molar refractivity (Wildman–Crippen MR) is 78.4 cm³/mol. The Balaban J connectivity index is 2.34. The van der Waals surface area contributed by atoms with Crippen LogP contribution in [0.25, 0.3) is 0 Å². The molecule has 22 heavy (non-hydrogen) atoms. The van der Waals surface area contributed by atoms with Gasteiger partial charge in [0.25, 0.3) is 0 Å². The first-order valence-corrected chi connectivity index (χ1v) is 6.89. The number of hydrazine groups is 1. The lowest BCUT2D eigenvalue weighted by Gasteiger charge is -2.16. The third kappa shape index (κ3) is 3.93. The molecule has 2 rings (SSSR count). The summed E-state index contributed by atoms with van der Waals surface area (Å²) in [7, 11) is 0. The Bertz CT molecular complexity index is 594. The number of rotatable bonds is 4. The maximum atomic E-state index is 13.0. The molecule has 1 aromatic rings. The van der Waals surface area contributed by atoms with Crippen molar-refractivity contribution in [1.82, 2.24) is 10.4 Å². The number of benzene rings is 1. The van der Waals surface area contributed by atoms with Crippen LogP contribution in [-0.2, 0) is 6.18 Å². The standard InChI is InChI=1S/C15H18F3N3O/c1-4-5-21-9-19-14(20-21)11-6-12(15(16,17)18)8-13(7-11)22-10(2)3/h4-8,10H,9H2,1-3H3,(H,19,20)/b5-4-. The fourth-order valence-electron chi connectivity index (χ4n) is 2.01. The van der Waals surface area contributed by atoms with Crippen LogP contribution >= 0.6 is 0 Å². The first-order chi connectivity index (χ1) is 10.3. The molecule has 0 amide bonds. The van der Waals surface area contributed by atoms with Crippen molar-refractivity contribution in [2.75, 3.05) is 6.67 Å². The van der Waals surface area contributed by atoms with E-state index in [0.29, 0.717) is 18.1 Å². The Morgan fingerprint density at radius 2 is 2.05 bits per heavy atom. The Hall–Kier alpha value is -2.18. The second-order valence-corrected chi connectivity index (χ2v) is 5.12. The highest BCUT2D eigenvalue weighted by Gasteiger charge is 2.32. The molecule has 1 aliphatic heterocycles. The Labute approximate surface area is 127 Å². The molecule has 120 valence electrons. The molecule has 0 bridgehead atoms. The molecule has 0 aromatic heterocycles. The number of ether oxygens (including phenoxy) is 1.